The van der Waals surface area contributed by atoms with Crippen LogP contribution in [0.2, 0.25) is 24.2 Å². The topological polar surface area (TPSA) is 0 Å². The zero-order valence-corrected chi connectivity index (χ0v) is 24.3. The van der Waals surface area contributed by atoms with Gasteiger partial charge in [-0.15, -0.1) is 0 Å². The van der Waals surface area contributed by atoms with Gasteiger partial charge in [0.15, 0.2) is 0 Å². The normalized spacial score (nSPS) is 23.0. The molecule has 148 valence electrons. The molecule has 2 aliphatic rings. The molecule has 0 spiro atoms. The standard InChI is InChI=1S/C22H36Si.2ClH.Hf/c1-15-11-17(21(3,4)5)13-19(15)23(9,10)20-14-18(12-16(20)2)22(6,7)8;;;/h11-14,19-20H,1-10H3;2*1H;/p-2. The Bertz CT molecular complexity index is 572. The van der Waals surface area contributed by atoms with Crippen molar-refractivity contribution in [1.82, 2.24) is 0 Å². The van der Waals surface area contributed by atoms with Crippen LogP contribution in [-0.2, 0) is 25.8 Å². The van der Waals surface area contributed by atoms with E-state index in [2.05, 4.69) is 92.8 Å². The van der Waals surface area contributed by atoms with Crippen molar-refractivity contribution in [3.63, 3.8) is 0 Å². The first-order chi connectivity index (χ1) is 10.2. The summed E-state index contributed by atoms with van der Waals surface area (Å²) in [6.07, 6.45) is 10.1. The van der Waals surface area contributed by atoms with Crippen LogP contribution < -0.4 is 24.8 Å². The fourth-order valence-corrected chi connectivity index (χ4v) is 8.24. The molecule has 26 heavy (non-hydrogen) atoms. The Balaban J connectivity index is 0. The van der Waals surface area contributed by atoms with Crippen molar-refractivity contribution in [2.45, 2.75) is 79.6 Å². The van der Waals surface area contributed by atoms with Crippen LogP contribution >= 0.6 is 0 Å². The van der Waals surface area contributed by atoms with Crippen LogP contribution in [0.5, 0.6) is 0 Å². The molecule has 2 atom stereocenters. The van der Waals surface area contributed by atoms with Crippen molar-refractivity contribution >= 4 is 8.07 Å². The zero-order chi connectivity index (χ0) is 17.8. The molecule has 0 saturated heterocycles. The third-order valence-electron chi connectivity index (χ3n) is 5.78. The molecule has 0 radical (unpaired) electrons. The fourth-order valence-electron chi connectivity index (χ4n) is 4.12. The van der Waals surface area contributed by atoms with Crippen molar-refractivity contribution in [3.8, 4) is 0 Å². The van der Waals surface area contributed by atoms with Crippen LogP contribution in [0.25, 0.3) is 0 Å². The van der Waals surface area contributed by atoms with Gasteiger partial charge in [0.1, 0.15) is 0 Å². The zero-order valence-electron chi connectivity index (χ0n) is 18.2. The molecular formula is C22H36Cl2HfSi-2. The maximum Gasteiger partial charge on any atom is 0.0706 e. The molecule has 4 heteroatoms. The Hall–Kier alpha value is 0.627. The van der Waals surface area contributed by atoms with E-state index in [1.54, 1.807) is 11.1 Å². The van der Waals surface area contributed by atoms with Crippen LogP contribution in [0.1, 0.15) is 55.4 Å². The van der Waals surface area contributed by atoms with E-state index < -0.39 is 8.07 Å². The van der Waals surface area contributed by atoms with Gasteiger partial charge in [-0.05, 0) is 46.9 Å². The van der Waals surface area contributed by atoms with Gasteiger partial charge in [0.2, 0.25) is 0 Å². The van der Waals surface area contributed by atoms with Gasteiger partial charge in [-0.2, -0.15) is 0 Å². The first-order valence-corrected chi connectivity index (χ1v) is 12.2. The summed E-state index contributed by atoms with van der Waals surface area (Å²) in [5, 5.41) is 0. The van der Waals surface area contributed by atoms with Gasteiger partial charge >= 0.3 is 0 Å². The number of hydrogen-bond acceptors (Lipinski definition) is 0. The van der Waals surface area contributed by atoms with E-state index in [4.69, 9.17) is 0 Å². The van der Waals surface area contributed by atoms with Crippen molar-refractivity contribution in [1.29, 1.82) is 0 Å². The van der Waals surface area contributed by atoms with Gasteiger partial charge in [-0.1, -0.05) is 90.1 Å². The maximum absolute atomic E-state index is 2.59. The number of hydrogen-bond donors (Lipinski definition) is 0. The monoisotopic (exact) mass is 578 g/mol. The summed E-state index contributed by atoms with van der Waals surface area (Å²) in [5.74, 6) is 0. The fraction of sp³-hybridized carbons (Fsp3) is 0.636. The molecule has 0 heterocycles. The summed E-state index contributed by atoms with van der Waals surface area (Å²) in [5.41, 5.74) is 8.07. The molecule has 0 aromatic heterocycles. The van der Waals surface area contributed by atoms with Gasteiger partial charge in [0.05, 0.1) is 8.07 Å². The van der Waals surface area contributed by atoms with E-state index in [1.165, 1.54) is 11.1 Å². The Morgan fingerprint density at radius 1 is 0.692 bits per heavy atom. The van der Waals surface area contributed by atoms with Gasteiger partial charge in [-0.25, -0.2) is 0 Å². The summed E-state index contributed by atoms with van der Waals surface area (Å²) in [4.78, 5) is 0. The molecule has 0 fully saturated rings. The van der Waals surface area contributed by atoms with Crippen LogP contribution in [0, 0.1) is 10.8 Å². The van der Waals surface area contributed by atoms with Gasteiger partial charge < -0.3 is 24.8 Å². The second-order valence-corrected chi connectivity index (χ2v) is 15.2. The van der Waals surface area contributed by atoms with E-state index in [1.807, 2.05) is 0 Å². The molecule has 0 aliphatic heterocycles. The predicted molar refractivity (Wildman–Crippen MR) is 108 cm³/mol. The van der Waals surface area contributed by atoms with E-state index in [9.17, 15) is 0 Å². The van der Waals surface area contributed by atoms with Crippen molar-refractivity contribution in [2.75, 3.05) is 0 Å². The molecule has 2 unspecified atom stereocenters. The van der Waals surface area contributed by atoms with Gasteiger partial charge in [-0.3, -0.25) is 0 Å². The van der Waals surface area contributed by atoms with Crippen molar-refractivity contribution in [3.05, 3.63) is 46.6 Å². The minimum absolute atomic E-state index is 0. The molecule has 2 aliphatic carbocycles. The third-order valence-corrected chi connectivity index (χ3v) is 10.2. The molecule has 0 N–H and O–H groups in total. The maximum atomic E-state index is 2.59. The predicted octanol–water partition coefficient (Wildman–Crippen LogP) is 1.31. The average Bonchev–Trinajstić information content (AvgIpc) is 2.91. The smallest absolute Gasteiger partial charge is 0.0706 e. The van der Waals surface area contributed by atoms with Crippen molar-refractivity contribution in [2.24, 2.45) is 10.8 Å². The summed E-state index contributed by atoms with van der Waals surface area (Å²) in [7, 11) is -1.49. The molecule has 0 saturated carbocycles. The molecule has 2 rings (SSSR count). The average molecular weight is 578 g/mol. The molecule has 0 amide bonds. The summed E-state index contributed by atoms with van der Waals surface area (Å²) < 4.78 is 0. The largest absolute Gasteiger partial charge is 1.00 e. The Morgan fingerprint density at radius 2 is 0.962 bits per heavy atom. The van der Waals surface area contributed by atoms with Crippen LogP contribution in [0.3, 0.4) is 0 Å². The minimum atomic E-state index is -1.49. The first kappa shape index (κ1) is 28.8. The van der Waals surface area contributed by atoms with E-state index in [0.29, 0.717) is 11.1 Å². The molecule has 0 bridgehead atoms. The SMILES string of the molecule is CC1=CC(C(C)(C)C)=CC1[Si](C)(C)C1C=C(C(C)(C)C)C=C1C.[Cl-].[Cl-].[Hf]. The third kappa shape index (κ3) is 5.81. The van der Waals surface area contributed by atoms with E-state index >= 15 is 0 Å². The molecular weight excluding hydrogens is 542 g/mol. The number of rotatable bonds is 2. The van der Waals surface area contributed by atoms with E-state index in [0.717, 1.165) is 0 Å². The molecule has 0 nitrogen and oxygen atoms in total. The number of allylic oxidation sites excluding steroid dienone is 8. The summed E-state index contributed by atoms with van der Waals surface area (Å²) >= 11 is 0. The van der Waals surface area contributed by atoms with E-state index in [-0.39, 0.29) is 61.5 Å². The Labute approximate surface area is 194 Å². The minimum Gasteiger partial charge on any atom is -1.00 e. The van der Waals surface area contributed by atoms with Crippen LogP contribution in [0.15, 0.2) is 46.6 Å². The van der Waals surface area contributed by atoms with Crippen molar-refractivity contribution < 1.29 is 50.7 Å². The quantitative estimate of drug-likeness (QED) is 0.435. The second-order valence-electron chi connectivity index (χ2n) is 10.3. The second kappa shape index (κ2) is 9.42. The first-order valence-electron chi connectivity index (χ1n) is 9.05. The summed E-state index contributed by atoms with van der Waals surface area (Å²) in [6, 6.07) is 0. The summed E-state index contributed by atoms with van der Waals surface area (Å²) in [6.45, 7) is 23.8. The van der Waals surface area contributed by atoms with Gasteiger partial charge in [0, 0.05) is 25.8 Å². The van der Waals surface area contributed by atoms with Crippen LogP contribution in [0.4, 0.5) is 0 Å². The Morgan fingerprint density at radius 3 is 1.15 bits per heavy atom. The van der Waals surface area contributed by atoms with Gasteiger partial charge in [0.25, 0.3) is 0 Å². The number of halogens is 2. The molecule has 0 aromatic carbocycles. The van der Waals surface area contributed by atoms with Crippen LogP contribution in [-0.4, -0.2) is 8.07 Å². The molecule has 0 aromatic rings. The Kier molecular flexibility index (Phi) is 10.4.